The van der Waals surface area contributed by atoms with E-state index in [1.165, 1.54) is 0 Å². The summed E-state index contributed by atoms with van der Waals surface area (Å²) in [6, 6.07) is 16.8. The number of amides is 1. The maximum absolute atomic E-state index is 12.5. The molecule has 0 saturated carbocycles. The van der Waals surface area contributed by atoms with Crippen molar-refractivity contribution in [3.63, 3.8) is 0 Å². The molecule has 124 valence electrons. The lowest BCUT2D eigenvalue weighted by Crippen LogP contribution is -2.11. The summed E-state index contributed by atoms with van der Waals surface area (Å²) in [4.78, 5) is 29.2. The fourth-order valence-corrected chi connectivity index (χ4v) is 3.03. The van der Waals surface area contributed by atoms with E-state index in [1.807, 2.05) is 36.4 Å². The second-order valence-electron chi connectivity index (χ2n) is 5.99. The molecule has 2 N–H and O–H groups in total. The molecule has 0 aliphatic heterocycles. The van der Waals surface area contributed by atoms with Crippen LogP contribution in [0.25, 0.3) is 33.1 Å². The van der Waals surface area contributed by atoms with E-state index in [9.17, 15) is 4.79 Å². The molecule has 0 unspecified atom stereocenters. The number of aromatic nitrogens is 4. The normalized spacial score (nSPS) is 11.2. The van der Waals surface area contributed by atoms with Crippen LogP contribution >= 0.6 is 0 Å². The number of hydrogen-bond donors (Lipinski definition) is 2. The molecule has 0 aliphatic rings. The zero-order chi connectivity index (χ0) is 17.5. The van der Waals surface area contributed by atoms with Crippen molar-refractivity contribution in [1.82, 2.24) is 19.9 Å². The summed E-state index contributed by atoms with van der Waals surface area (Å²) in [5.74, 6) is -0.192. The predicted octanol–water partition coefficient (Wildman–Crippen LogP) is 3.91. The van der Waals surface area contributed by atoms with Gasteiger partial charge in [-0.1, -0.05) is 12.1 Å². The van der Waals surface area contributed by atoms with Gasteiger partial charge in [-0.3, -0.25) is 9.78 Å². The molecule has 0 atom stereocenters. The fourth-order valence-electron chi connectivity index (χ4n) is 3.03. The molecule has 0 bridgehead atoms. The Bertz CT molecular complexity index is 1280. The lowest BCUT2D eigenvalue weighted by Gasteiger charge is -2.04. The minimum absolute atomic E-state index is 0.192. The van der Waals surface area contributed by atoms with Gasteiger partial charge >= 0.3 is 0 Å². The van der Waals surface area contributed by atoms with Crippen LogP contribution in [-0.2, 0) is 0 Å². The van der Waals surface area contributed by atoms with Gasteiger partial charge in [0.05, 0.1) is 22.9 Å². The van der Waals surface area contributed by atoms with Gasteiger partial charge < -0.3 is 10.3 Å². The quantitative estimate of drug-likeness (QED) is 0.511. The zero-order valence-corrected chi connectivity index (χ0v) is 13.6. The third-order valence-corrected chi connectivity index (χ3v) is 4.28. The Morgan fingerprint density at radius 1 is 0.962 bits per heavy atom. The summed E-state index contributed by atoms with van der Waals surface area (Å²) in [6.07, 6.45) is 3.27. The number of hydrogen-bond acceptors (Lipinski definition) is 4. The molecular weight excluding hydrogens is 326 g/mol. The van der Waals surface area contributed by atoms with Gasteiger partial charge in [-0.05, 0) is 42.5 Å². The summed E-state index contributed by atoms with van der Waals surface area (Å²) in [7, 11) is 0. The number of aromatic amines is 1. The minimum atomic E-state index is -0.192. The lowest BCUT2D eigenvalue weighted by atomic mass is 10.1. The molecule has 26 heavy (non-hydrogen) atoms. The Morgan fingerprint density at radius 3 is 2.62 bits per heavy atom. The van der Waals surface area contributed by atoms with Crippen molar-refractivity contribution in [2.75, 3.05) is 5.32 Å². The van der Waals surface area contributed by atoms with Crippen molar-refractivity contribution in [2.45, 2.75) is 0 Å². The highest BCUT2D eigenvalue weighted by Gasteiger charge is 2.12. The summed E-state index contributed by atoms with van der Waals surface area (Å²) in [5.41, 5.74) is 5.23. The first kappa shape index (κ1) is 14.5. The van der Waals surface area contributed by atoms with Gasteiger partial charge in [-0.25, -0.2) is 9.97 Å². The van der Waals surface area contributed by atoms with E-state index in [-0.39, 0.29) is 5.91 Å². The van der Waals surface area contributed by atoms with E-state index in [0.717, 1.165) is 27.5 Å². The Kier molecular flexibility index (Phi) is 3.15. The number of pyridine rings is 1. The van der Waals surface area contributed by atoms with Crippen molar-refractivity contribution in [2.24, 2.45) is 0 Å². The van der Waals surface area contributed by atoms with Crippen molar-refractivity contribution < 1.29 is 4.79 Å². The monoisotopic (exact) mass is 339 g/mol. The van der Waals surface area contributed by atoms with Gasteiger partial charge in [0, 0.05) is 22.7 Å². The highest BCUT2D eigenvalue weighted by atomic mass is 16.1. The van der Waals surface area contributed by atoms with Crippen LogP contribution < -0.4 is 5.32 Å². The average molecular weight is 339 g/mol. The van der Waals surface area contributed by atoms with Crippen LogP contribution in [0.3, 0.4) is 0 Å². The van der Waals surface area contributed by atoms with Gasteiger partial charge in [-0.15, -0.1) is 0 Å². The van der Waals surface area contributed by atoms with Crippen LogP contribution in [0.2, 0.25) is 0 Å². The van der Waals surface area contributed by atoms with Crippen LogP contribution in [0.5, 0.6) is 0 Å². The molecule has 0 spiro atoms. The van der Waals surface area contributed by atoms with Crippen LogP contribution in [-0.4, -0.2) is 25.8 Å². The van der Waals surface area contributed by atoms with E-state index in [2.05, 4.69) is 20.3 Å². The van der Waals surface area contributed by atoms with E-state index < -0.39 is 0 Å². The van der Waals surface area contributed by atoms with Crippen molar-refractivity contribution in [3.05, 3.63) is 72.6 Å². The van der Waals surface area contributed by atoms with Gasteiger partial charge in [0.2, 0.25) is 0 Å². The number of H-pyrrole nitrogens is 1. The molecule has 3 heterocycles. The summed E-state index contributed by atoms with van der Waals surface area (Å²) in [5, 5.41) is 3.72. The van der Waals surface area contributed by atoms with Crippen molar-refractivity contribution in [3.8, 4) is 0 Å². The van der Waals surface area contributed by atoms with E-state index in [0.29, 0.717) is 16.9 Å². The maximum atomic E-state index is 12.5. The molecule has 3 aromatic heterocycles. The number of nitrogens with one attached hydrogen (secondary N) is 2. The molecule has 0 aliphatic carbocycles. The molecule has 6 nitrogen and oxygen atoms in total. The summed E-state index contributed by atoms with van der Waals surface area (Å²) < 4.78 is 0. The van der Waals surface area contributed by atoms with Gasteiger partial charge in [0.1, 0.15) is 5.52 Å². The number of carbonyl (C=O) groups is 1. The minimum Gasteiger partial charge on any atom is -0.338 e. The maximum Gasteiger partial charge on any atom is 0.255 e. The highest BCUT2D eigenvalue weighted by Crippen LogP contribution is 2.26. The number of carbonyl (C=O) groups excluding carboxylic acids is 1. The molecule has 0 saturated heterocycles. The number of para-hydroxylation sites is 2. The number of rotatable bonds is 2. The Balaban J connectivity index is 1.62. The fraction of sp³-hybridized carbons (Fsp3) is 0. The second kappa shape index (κ2) is 5.63. The summed E-state index contributed by atoms with van der Waals surface area (Å²) in [6.45, 7) is 0. The van der Waals surface area contributed by atoms with E-state index >= 15 is 0 Å². The van der Waals surface area contributed by atoms with Gasteiger partial charge in [0.25, 0.3) is 5.91 Å². The van der Waals surface area contributed by atoms with Crippen LogP contribution in [0, 0.1) is 0 Å². The Hall–Kier alpha value is -3.80. The Morgan fingerprint density at radius 2 is 1.81 bits per heavy atom. The SMILES string of the molecule is O=C(Nc1cccnc1)c1ccc2[nH]c3nc4ccccc4nc3c2c1. The molecule has 5 rings (SSSR count). The molecular formula is C20H13N5O. The molecule has 1 amide bonds. The largest absolute Gasteiger partial charge is 0.338 e. The molecule has 5 aromatic rings. The second-order valence-corrected chi connectivity index (χ2v) is 5.99. The van der Waals surface area contributed by atoms with Gasteiger partial charge in [-0.2, -0.15) is 0 Å². The standard InChI is InChI=1S/C20H13N5O/c26-20(22-13-4-3-9-21-11-13)12-7-8-15-14(10-12)18-19(24-15)25-17-6-2-1-5-16(17)23-18/h1-11H,(H,22,26)(H,24,25). The number of benzene rings is 2. The topological polar surface area (TPSA) is 83.6 Å². The van der Waals surface area contributed by atoms with Crippen LogP contribution in [0.4, 0.5) is 5.69 Å². The molecule has 0 radical (unpaired) electrons. The van der Waals surface area contributed by atoms with Gasteiger partial charge in [0.15, 0.2) is 5.65 Å². The predicted molar refractivity (Wildman–Crippen MR) is 101 cm³/mol. The lowest BCUT2D eigenvalue weighted by molar-refractivity contribution is 0.102. The third kappa shape index (κ3) is 2.36. The Labute approximate surface area is 147 Å². The molecule has 2 aromatic carbocycles. The first-order chi connectivity index (χ1) is 12.8. The van der Waals surface area contributed by atoms with Crippen molar-refractivity contribution in [1.29, 1.82) is 0 Å². The number of fused-ring (bicyclic) bond motifs is 4. The van der Waals surface area contributed by atoms with E-state index in [1.54, 1.807) is 30.6 Å². The van der Waals surface area contributed by atoms with E-state index in [4.69, 9.17) is 4.98 Å². The smallest absolute Gasteiger partial charge is 0.255 e. The number of nitrogens with zero attached hydrogens (tertiary/aromatic N) is 3. The van der Waals surface area contributed by atoms with Crippen LogP contribution in [0.15, 0.2) is 67.0 Å². The molecule has 6 heteroatoms. The number of anilines is 1. The third-order valence-electron chi connectivity index (χ3n) is 4.28. The first-order valence-corrected chi connectivity index (χ1v) is 8.17. The average Bonchev–Trinajstić information content (AvgIpc) is 3.03. The first-order valence-electron chi connectivity index (χ1n) is 8.17. The highest BCUT2D eigenvalue weighted by molar-refractivity contribution is 6.11. The molecule has 0 fully saturated rings. The summed E-state index contributed by atoms with van der Waals surface area (Å²) >= 11 is 0. The van der Waals surface area contributed by atoms with Crippen molar-refractivity contribution >= 4 is 44.7 Å². The zero-order valence-electron chi connectivity index (χ0n) is 13.6. The van der Waals surface area contributed by atoms with Crippen LogP contribution in [0.1, 0.15) is 10.4 Å².